The Morgan fingerprint density at radius 2 is 1.92 bits per heavy atom. The first-order valence-corrected chi connectivity index (χ1v) is 7.02. The first-order chi connectivity index (χ1) is 11.2. The lowest BCUT2D eigenvalue weighted by atomic mass is 9.84. The molecule has 0 unspecified atom stereocenters. The summed E-state index contributed by atoms with van der Waals surface area (Å²) in [7, 11) is 1.67. The Labute approximate surface area is 135 Å². The van der Waals surface area contributed by atoms with Crippen molar-refractivity contribution >= 4 is 0 Å². The zero-order chi connectivity index (χ0) is 17.6. The lowest BCUT2D eigenvalue weighted by Crippen LogP contribution is -2.22. The van der Waals surface area contributed by atoms with Gasteiger partial charge in [0.2, 0.25) is 11.8 Å². The number of nitrogens with zero attached hydrogens (tertiary/aromatic N) is 3. The van der Waals surface area contributed by atoms with Crippen LogP contribution in [0.3, 0.4) is 0 Å². The molecule has 1 aromatic heterocycles. The Kier molecular flexibility index (Phi) is 3.52. The second-order valence-corrected chi connectivity index (χ2v) is 5.47. The zero-order valence-electron chi connectivity index (χ0n) is 12.8. The summed E-state index contributed by atoms with van der Waals surface area (Å²) in [5.74, 6) is -0.304. The summed E-state index contributed by atoms with van der Waals surface area (Å²) in [6.07, 6.45) is -4.42. The molecule has 0 saturated carbocycles. The summed E-state index contributed by atoms with van der Waals surface area (Å²) in [6.45, 7) is 1.75. The molecule has 1 aromatic carbocycles. The van der Waals surface area contributed by atoms with Gasteiger partial charge in [0, 0.05) is 7.05 Å². The predicted molar refractivity (Wildman–Crippen MR) is 78.7 cm³/mol. The van der Waals surface area contributed by atoms with Gasteiger partial charge in [0.1, 0.15) is 11.6 Å². The van der Waals surface area contributed by atoms with Crippen molar-refractivity contribution in [3.05, 3.63) is 58.1 Å². The first-order valence-electron chi connectivity index (χ1n) is 7.02. The fraction of sp³-hybridized carbons (Fsp3) is 0.250. The van der Waals surface area contributed by atoms with Gasteiger partial charge >= 0.3 is 6.18 Å². The second-order valence-electron chi connectivity index (χ2n) is 5.47. The van der Waals surface area contributed by atoms with Gasteiger partial charge in [-0.2, -0.15) is 23.5 Å². The molecule has 0 bridgehead atoms. The molecule has 0 aliphatic carbocycles. The smallest absolute Gasteiger partial charge is 0.416 e. The summed E-state index contributed by atoms with van der Waals surface area (Å²) < 4.78 is 45.2. The number of rotatable bonds is 1. The molecule has 1 aliphatic rings. The second kappa shape index (κ2) is 5.30. The van der Waals surface area contributed by atoms with Crippen LogP contribution in [0.5, 0.6) is 5.88 Å². The molecule has 1 atom stereocenters. The number of fused-ring (bicyclic) bond motifs is 1. The minimum atomic E-state index is -4.42. The van der Waals surface area contributed by atoms with Gasteiger partial charge in [0.25, 0.3) is 0 Å². The molecule has 8 heteroatoms. The number of aromatic nitrogens is 2. The molecule has 5 nitrogen and oxygen atoms in total. The van der Waals surface area contributed by atoms with Crippen molar-refractivity contribution in [3.63, 3.8) is 0 Å². The monoisotopic (exact) mass is 334 g/mol. The van der Waals surface area contributed by atoms with Crippen LogP contribution < -0.4 is 10.5 Å². The fourth-order valence-corrected chi connectivity index (χ4v) is 2.87. The molecule has 2 heterocycles. The lowest BCUT2D eigenvalue weighted by Gasteiger charge is -2.24. The van der Waals surface area contributed by atoms with Crippen molar-refractivity contribution in [2.75, 3.05) is 0 Å². The van der Waals surface area contributed by atoms with Crippen LogP contribution in [-0.2, 0) is 13.2 Å². The molecule has 1 aliphatic heterocycles. The fourth-order valence-electron chi connectivity index (χ4n) is 2.87. The van der Waals surface area contributed by atoms with Crippen LogP contribution >= 0.6 is 0 Å². The molecule has 24 heavy (non-hydrogen) atoms. The molecule has 124 valence electrons. The number of ether oxygens (including phenoxy) is 1. The van der Waals surface area contributed by atoms with Gasteiger partial charge in [-0.3, -0.25) is 0 Å². The standard InChI is InChI=1S/C16H13F3N4O/c1-8-12-13(9-3-5-10(6-4-9)16(17,18)19)11(7-20)14(21)24-15(12)23(2)22-8/h3-6,13H,21H2,1-2H3/t13-/m1/s1. The van der Waals surface area contributed by atoms with E-state index in [-0.39, 0.29) is 11.5 Å². The number of nitriles is 1. The topological polar surface area (TPSA) is 76.9 Å². The van der Waals surface area contributed by atoms with E-state index in [1.54, 1.807) is 14.0 Å². The van der Waals surface area contributed by atoms with Gasteiger partial charge in [-0.05, 0) is 24.6 Å². The van der Waals surface area contributed by atoms with E-state index >= 15 is 0 Å². The quantitative estimate of drug-likeness (QED) is 0.870. The molecule has 2 aromatic rings. The highest BCUT2D eigenvalue weighted by Crippen LogP contribution is 2.43. The van der Waals surface area contributed by atoms with Crippen LogP contribution in [0.25, 0.3) is 0 Å². The van der Waals surface area contributed by atoms with E-state index in [9.17, 15) is 18.4 Å². The third-order valence-electron chi connectivity index (χ3n) is 3.96. The molecule has 0 fully saturated rings. The highest BCUT2D eigenvalue weighted by Gasteiger charge is 2.36. The van der Waals surface area contributed by atoms with Crippen molar-refractivity contribution in [1.82, 2.24) is 9.78 Å². The SMILES string of the molecule is Cc1nn(C)c2c1[C@H](c1ccc(C(F)(F)F)cc1)C(C#N)=C(N)O2. The largest absolute Gasteiger partial charge is 0.422 e. The number of alkyl halides is 3. The molecule has 0 spiro atoms. The Balaban J connectivity index is 2.17. The number of aryl methyl sites for hydroxylation is 2. The summed E-state index contributed by atoms with van der Waals surface area (Å²) in [5, 5.41) is 13.7. The van der Waals surface area contributed by atoms with Crippen molar-refractivity contribution < 1.29 is 17.9 Å². The van der Waals surface area contributed by atoms with E-state index in [1.807, 2.05) is 6.07 Å². The lowest BCUT2D eigenvalue weighted by molar-refractivity contribution is -0.137. The first kappa shape index (κ1) is 15.9. The molecular formula is C16H13F3N4O. The van der Waals surface area contributed by atoms with E-state index < -0.39 is 17.7 Å². The van der Waals surface area contributed by atoms with Gasteiger partial charge in [-0.15, -0.1) is 0 Å². The Morgan fingerprint density at radius 3 is 2.46 bits per heavy atom. The van der Waals surface area contributed by atoms with Gasteiger partial charge in [0.05, 0.1) is 22.7 Å². The summed E-state index contributed by atoms with van der Waals surface area (Å²) in [6, 6.07) is 6.66. The van der Waals surface area contributed by atoms with Crippen molar-refractivity contribution in [2.45, 2.75) is 19.0 Å². The summed E-state index contributed by atoms with van der Waals surface area (Å²) >= 11 is 0. The molecule has 2 N–H and O–H groups in total. The van der Waals surface area contributed by atoms with E-state index in [4.69, 9.17) is 10.5 Å². The third-order valence-corrected chi connectivity index (χ3v) is 3.96. The number of allylic oxidation sites excluding steroid dienone is 1. The van der Waals surface area contributed by atoms with Crippen LogP contribution in [0.4, 0.5) is 13.2 Å². The summed E-state index contributed by atoms with van der Waals surface area (Å²) in [5.41, 5.74) is 6.99. The number of hydrogen-bond acceptors (Lipinski definition) is 4. The van der Waals surface area contributed by atoms with Gasteiger partial charge in [0.15, 0.2) is 0 Å². The molecule has 0 radical (unpaired) electrons. The molecule has 3 rings (SSSR count). The molecular weight excluding hydrogens is 321 g/mol. The van der Waals surface area contributed by atoms with E-state index in [2.05, 4.69) is 5.10 Å². The van der Waals surface area contributed by atoms with Crippen molar-refractivity contribution in [1.29, 1.82) is 5.26 Å². The highest BCUT2D eigenvalue weighted by atomic mass is 19.4. The minimum Gasteiger partial charge on any atom is -0.422 e. The number of benzene rings is 1. The minimum absolute atomic E-state index is 0.0714. The van der Waals surface area contributed by atoms with E-state index in [0.717, 1.165) is 12.1 Å². The Bertz CT molecular complexity index is 872. The van der Waals surface area contributed by atoms with E-state index in [1.165, 1.54) is 16.8 Å². The highest BCUT2D eigenvalue weighted by molar-refractivity contribution is 5.55. The van der Waals surface area contributed by atoms with Gasteiger partial charge in [-0.25, -0.2) is 4.68 Å². The molecule has 0 amide bonds. The van der Waals surface area contributed by atoms with Crippen molar-refractivity contribution in [2.24, 2.45) is 12.8 Å². The van der Waals surface area contributed by atoms with E-state index in [0.29, 0.717) is 22.7 Å². The number of hydrogen-bond donors (Lipinski definition) is 1. The maximum Gasteiger partial charge on any atom is 0.416 e. The van der Waals surface area contributed by atoms with Crippen LogP contribution in [0, 0.1) is 18.3 Å². The van der Waals surface area contributed by atoms with Crippen LogP contribution in [0.15, 0.2) is 35.7 Å². The predicted octanol–water partition coefficient (Wildman–Crippen LogP) is 2.97. The molecule has 0 saturated heterocycles. The average Bonchev–Trinajstić information content (AvgIpc) is 2.79. The Morgan fingerprint density at radius 1 is 1.29 bits per heavy atom. The number of halogens is 3. The average molecular weight is 334 g/mol. The van der Waals surface area contributed by atoms with Crippen LogP contribution in [-0.4, -0.2) is 9.78 Å². The van der Waals surface area contributed by atoms with Crippen LogP contribution in [0.2, 0.25) is 0 Å². The maximum absolute atomic E-state index is 12.8. The van der Waals surface area contributed by atoms with Gasteiger partial charge in [-0.1, -0.05) is 12.1 Å². The Hall–Kier alpha value is -2.95. The zero-order valence-corrected chi connectivity index (χ0v) is 12.8. The van der Waals surface area contributed by atoms with Gasteiger partial charge < -0.3 is 10.5 Å². The van der Waals surface area contributed by atoms with Crippen LogP contribution in [0.1, 0.15) is 28.3 Å². The third kappa shape index (κ3) is 2.38. The maximum atomic E-state index is 12.8. The normalized spacial score (nSPS) is 17.2. The number of nitrogens with two attached hydrogens (primary N) is 1. The summed E-state index contributed by atoms with van der Waals surface area (Å²) in [4.78, 5) is 0. The van der Waals surface area contributed by atoms with Crippen molar-refractivity contribution in [3.8, 4) is 11.9 Å².